The Morgan fingerprint density at radius 3 is 2.50 bits per heavy atom. The Kier molecular flexibility index (Phi) is 6.26. The fraction of sp³-hybridized carbons (Fsp3) is 0.278. The van der Waals surface area contributed by atoms with Crippen molar-refractivity contribution in [2.75, 3.05) is 14.2 Å². The number of ether oxygens (including phenoxy) is 3. The lowest BCUT2D eigenvalue weighted by molar-refractivity contribution is -0.139. The van der Waals surface area contributed by atoms with Crippen molar-refractivity contribution in [3.63, 3.8) is 0 Å². The largest absolute Gasteiger partial charge is 0.493 e. The topological polar surface area (TPSA) is 65.0 Å². The van der Waals surface area contributed by atoms with Crippen molar-refractivity contribution in [3.8, 4) is 17.2 Å². The molecule has 0 saturated heterocycles. The molecule has 2 aromatic carbocycles. The third-order valence-electron chi connectivity index (χ3n) is 3.62. The van der Waals surface area contributed by atoms with E-state index in [4.69, 9.17) is 9.47 Å². The number of aliphatic hydroxyl groups excluding tert-OH is 1. The van der Waals surface area contributed by atoms with Gasteiger partial charge in [0.1, 0.15) is 13.0 Å². The molecule has 0 bridgehead atoms. The second kappa shape index (κ2) is 8.40. The minimum atomic E-state index is -0.329. The molecule has 2 aromatic rings. The Bertz CT molecular complexity index is 715. The van der Waals surface area contributed by atoms with Crippen LogP contribution >= 0.6 is 0 Å². The van der Waals surface area contributed by atoms with E-state index >= 15 is 0 Å². The Labute approximate surface area is 142 Å². The van der Waals surface area contributed by atoms with Gasteiger partial charge in [-0.1, -0.05) is 30.5 Å². The molecule has 24 heavy (non-hydrogen) atoms. The molecule has 6 heteroatoms. The minimum Gasteiger partial charge on any atom is -0.493 e. The average molecular weight is 327 g/mol. The van der Waals surface area contributed by atoms with Crippen LogP contribution in [0, 0.1) is 0 Å². The van der Waals surface area contributed by atoms with Gasteiger partial charge in [0.25, 0.3) is 0 Å². The fourth-order valence-corrected chi connectivity index (χ4v) is 2.24. The van der Waals surface area contributed by atoms with Gasteiger partial charge in [0.05, 0.1) is 27.2 Å². The van der Waals surface area contributed by atoms with E-state index in [0.717, 1.165) is 11.0 Å². The van der Waals surface area contributed by atoms with Gasteiger partial charge < -0.3 is 19.3 Å². The molecular formula is C18H20BO5. The van der Waals surface area contributed by atoms with Gasteiger partial charge in [-0.25, -0.2) is 0 Å². The summed E-state index contributed by atoms with van der Waals surface area (Å²) in [6, 6.07) is 10.8. The molecule has 125 valence electrons. The number of esters is 1. The SMILES string of the molecule is C[B]c1ccc(CO)c(Oc2cc(CC(=O)OC)ccc2OC)c1. The number of carbonyl (C=O) groups is 1. The summed E-state index contributed by atoms with van der Waals surface area (Å²) in [7, 11) is 4.84. The second-order valence-corrected chi connectivity index (χ2v) is 5.15. The first-order valence-corrected chi connectivity index (χ1v) is 7.56. The van der Waals surface area contributed by atoms with Crippen LogP contribution in [0.25, 0.3) is 0 Å². The van der Waals surface area contributed by atoms with Gasteiger partial charge in [-0.3, -0.25) is 4.79 Å². The van der Waals surface area contributed by atoms with E-state index < -0.39 is 0 Å². The predicted octanol–water partition coefficient (Wildman–Crippen LogP) is 2.07. The molecular weight excluding hydrogens is 307 g/mol. The lowest BCUT2D eigenvalue weighted by atomic mass is 9.73. The Morgan fingerprint density at radius 2 is 1.88 bits per heavy atom. The average Bonchev–Trinajstić information content (AvgIpc) is 2.61. The van der Waals surface area contributed by atoms with Gasteiger partial charge in [-0.15, -0.1) is 0 Å². The van der Waals surface area contributed by atoms with Gasteiger partial charge >= 0.3 is 5.97 Å². The highest BCUT2D eigenvalue weighted by Crippen LogP contribution is 2.34. The third kappa shape index (κ3) is 4.29. The van der Waals surface area contributed by atoms with E-state index in [1.54, 1.807) is 25.3 Å². The monoisotopic (exact) mass is 327 g/mol. The fourth-order valence-electron chi connectivity index (χ4n) is 2.24. The summed E-state index contributed by atoms with van der Waals surface area (Å²) in [5.74, 6) is 1.23. The molecule has 0 fully saturated rings. The summed E-state index contributed by atoms with van der Waals surface area (Å²) in [5.41, 5.74) is 2.40. The van der Waals surface area contributed by atoms with Crippen LogP contribution in [-0.4, -0.2) is 32.6 Å². The molecule has 0 saturated carbocycles. The first kappa shape index (κ1) is 17.9. The van der Waals surface area contributed by atoms with Crippen molar-refractivity contribution in [1.82, 2.24) is 0 Å². The molecule has 0 aliphatic carbocycles. The molecule has 0 aliphatic heterocycles. The number of aliphatic hydroxyl groups is 1. The molecule has 5 nitrogen and oxygen atoms in total. The first-order valence-electron chi connectivity index (χ1n) is 7.56. The van der Waals surface area contributed by atoms with Crippen molar-refractivity contribution >= 4 is 18.7 Å². The normalized spacial score (nSPS) is 10.2. The van der Waals surface area contributed by atoms with Crippen LogP contribution < -0.4 is 14.9 Å². The third-order valence-corrected chi connectivity index (χ3v) is 3.62. The number of benzene rings is 2. The van der Waals surface area contributed by atoms with Gasteiger partial charge in [0.15, 0.2) is 11.5 Å². The number of methoxy groups -OCH3 is 2. The summed E-state index contributed by atoms with van der Waals surface area (Å²) >= 11 is 0. The number of carbonyl (C=O) groups excluding carboxylic acids is 1. The zero-order valence-corrected chi connectivity index (χ0v) is 14.0. The van der Waals surface area contributed by atoms with Crippen molar-refractivity contribution in [2.24, 2.45) is 0 Å². The number of hydrogen-bond acceptors (Lipinski definition) is 5. The molecule has 0 unspecified atom stereocenters. The maximum atomic E-state index is 11.5. The summed E-state index contributed by atoms with van der Waals surface area (Å²) < 4.78 is 16.0. The van der Waals surface area contributed by atoms with E-state index in [0.29, 0.717) is 22.8 Å². The van der Waals surface area contributed by atoms with E-state index in [-0.39, 0.29) is 19.0 Å². The van der Waals surface area contributed by atoms with Crippen molar-refractivity contribution in [2.45, 2.75) is 19.9 Å². The highest BCUT2D eigenvalue weighted by atomic mass is 16.5. The van der Waals surface area contributed by atoms with Crippen molar-refractivity contribution in [3.05, 3.63) is 47.5 Å². The van der Waals surface area contributed by atoms with E-state index in [2.05, 4.69) is 4.74 Å². The first-order chi connectivity index (χ1) is 11.6. The quantitative estimate of drug-likeness (QED) is 0.623. The van der Waals surface area contributed by atoms with Crippen molar-refractivity contribution in [1.29, 1.82) is 0 Å². The Balaban J connectivity index is 2.37. The highest BCUT2D eigenvalue weighted by Gasteiger charge is 2.12. The molecule has 1 radical (unpaired) electrons. The van der Waals surface area contributed by atoms with Crippen LogP contribution in [0.4, 0.5) is 0 Å². The van der Waals surface area contributed by atoms with Crippen LogP contribution in [0.3, 0.4) is 0 Å². The van der Waals surface area contributed by atoms with Crippen LogP contribution in [0.15, 0.2) is 36.4 Å². The lowest BCUT2D eigenvalue weighted by Crippen LogP contribution is -2.11. The van der Waals surface area contributed by atoms with Crippen molar-refractivity contribution < 1.29 is 24.1 Å². The summed E-state index contributed by atoms with van der Waals surface area (Å²) in [6.45, 7) is 1.79. The standard InChI is InChI=1S/C18H20BO5/c1-19-14-6-5-13(11-20)16(10-14)24-17-8-12(9-18(21)23-3)4-7-15(17)22-2/h4-8,10,20H,9,11H2,1-3H3. The van der Waals surface area contributed by atoms with Gasteiger partial charge in [0, 0.05) is 5.56 Å². The minimum absolute atomic E-state index is 0.135. The van der Waals surface area contributed by atoms with E-state index in [9.17, 15) is 9.90 Å². The van der Waals surface area contributed by atoms with Gasteiger partial charge in [-0.2, -0.15) is 0 Å². The van der Waals surface area contributed by atoms with Gasteiger partial charge in [-0.05, 0) is 23.8 Å². The number of hydrogen-bond donors (Lipinski definition) is 1. The summed E-state index contributed by atoms with van der Waals surface area (Å²) in [4.78, 5) is 11.5. The summed E-state index contributed by atoms with van der Waals surface area (Å²) in [6.07, 6.45) is 0.145. The maximum Gasteiger partial charge on any atom is 0.309 e. The van der Waals surface area contributed by atoms with Gasteiger partial charge in [0.2, 0.25) is 0 Å². The van der Waals surface area contributed by atoms with Crippen LogP contribution in [0.1, 0.15) is 11.1 Å². The lowest BCUT2D eigenvalue weighted by Gasteiger charge is -2.15. The Hall–Kier alpha value is -2.47. The maximum absolute atomic E-state index is 11.5. The van der Waals surface area contributed by atoms with E-state index in [1.807, 2.05) is 32.3 Å². The summed E-state index contributed by atoms with van der Waals surface area (Å²) in [5, 5.41) is 9.51. The van der Waals surface area contributed by atoms with E-state index in [1.165, 1.54) is 7.11 Å². The Morgan fingerprint density at radius 1 is 1.08 bits per heavy atom. The second-order valence-electron chi connectivity index (χ2n) is 5.15. The molecule has 0 aliphatic rings. The van der Waals surface area contributed by atoms with Crippen LogP contribution in [0.5, 0.6) is 17.2 Å². The molecule has 0 spiro atoms. The van der Waals surface area contributed by atoms with Crippen LogP contribution in [-0.2, 0) is 22.6 Å². The zero-order valence-electron chi connectivity index (χ0n) is 14.0. The molecule has 2 rings (SSSR count). The molecule has 0 atom stereocenters. The highest BCUT2D eigenvalue weighted by molar-refractivity contribution is 6.51. The number of rotatable bonds is 7. The molecule has 0 amide bonds. The molecule has 0 heterocycles. The zero-order chi connectivity index (χ0) is 17.5. The molecule has 1 N–H and O–H groups in total. The predicted molar refractivity (Wildman–Crippen MR) is 92.4 cm³/mol. The smallest absolute Gasteiger partial charge is 0.309 e. The molecule has 0 aromatic heterocycles. The van der Waals surface area contributed by atoms with Crippen LogP contribution in [0.2, 0.25) is 6.82 Å².